The maximum absolute atomic E-state index is 11.9. The molecule has 0 unspecified atom stereocenters. The number of carboxylic acids is 1. The molecule has 1 N–H and O–H groups in total. The smallest absolute Gasteiger partial charge is 0.347 e. The van der Waals surface area contributed by atoms with Gasteiger partial charge in [0.1, 0.15) is 4.88 Å². The van der Waals surface area contributed by atoms with E-state index in [1.807, 2.05) is 18.7 Å². The zero-order valence-corrected chi connectivity index (χ0v) is 11.0. The Morgan fingerprint density at radius 1 is 1.35 bits per heavy atom. The zero-order chi connectivity index (χ0) is 13.0. The van der Waals surface area contributed by atoms with E-state index in [9.17, 15) is 9.59 Å². The molecule has 0 aromatic carbocycles. The van der Waals surface area contributed by atoms with Crippen molar-refractivity contribution in [3.63, 3.8) is 0 Å². The van der Waals surface area contributed by atoms with Crippen LogP contribution in [-0.4, -0.2) is 46.4 Å². The second-order valence-electron chi connectivity index (χ2n) is 3.62. The number of hydrogen-bond donors (Lipinski definition) is 1. The Balaban J connectivity index is 2.83. The summed E-state index contributed by atoms with van der Waals surface area (Å²) >= 11 is 0.952. The van der Waals surface area contributed by atoms with E-state index >= 15 is 0 Å². The third-order valence-corrected chi connectivity index (χ3v) is 3.68. The van der Waals surface area contributed by atoms with Crippen LogP contribution in [0.15, 0.2) is 0 Å². The van der Waals surface area contributed by atoms with Crippen LogP contribution in [0.3, 0.4) is 0 Å². The van der Waals surface area contributed by atoms with Crippen molar-refractivity contribution < 1.29 is 14.7 Å². The predicted molar refractivity (Wildman–Crippen MR) is 65.9 cm³/mol. The van der Waals surface area contributed by atoms with Gasteiger partial charge in [0.05, 0.1) is 12.2 Å². The molecule has 1 aromatic heterocycles. The van der Waals surface area contributed by atoms with Gasteiger partial charge >= 0.3 is 5.97 Å². The van der Waals surface area contributed by atoms with Gasteiger partial charge in [-0.05, 0) is 20.0 Å². The molecule has 0 amide bonds. The third kappa shape index (κ3) is 3.34. The molecule has 0 aliphatic rings. The summed E-state index contributed by atoms with van der Waals surface area (Å²) in [5, 5.41) is 9.17. The molecule has 0 fully saturated rings. The molecule has 0 spiro atoms. The number of rotatable bonds is 6. The lowest BCUT2D eigenvalue weighted by Gasteiger charge is -2.15. The van der Waals surface area contributed by atoms with Gasteiger partial charge in [-0.3, -0.25) is 9.69 Å². The van der Waals surface area contributed by atoms with E-state index in [1.54, 1.807) is 6.92 Å². The molecule has 94 valence electrons. The number of aromatic nitrogens is 1. The molecule has 0 atom stereocenters. The Hall–Kier alpha value is -1.27. The van der Waals surface area contributed by atoms with E-state index in [0.29, 0.717) is 12.2 Å². The van der Waals surface area contributed by atoms with Crippen molar-refractivity contribution in [1.29, 1.82) is 0 Å². The van der Waals surface area contributed by atoms with Crippen molar-refractivity contribution in [3.8, 4) is 0 Å². The lowest BCUT2D eigenvalue weighted by molar-refractivity contribution is 0.0701. The standard InChI is InChI=1S/C11H16N2O3S/c1-4-13(5-2)6-8(14)10-12-7(3)9(17-10)11(15)16/h4-6H2,1-3H3,(H,15,16). The fourth-order valence-electron chi connectivity index (χ4n) is 1.43. The van der Waals surface area contributed by atoms with Crippen LogP contribution in [0.5, 0.6) is 0 Å². The highest BCUT2D eigenvalue weighted by atomic mass is 32.1. The Bertz CT molecular complexity index is 424. The van der Waals surface area contributed by atoms with Crippen molar-refractivity contribution in [1.82, 2.24) is 9.88 Å². The van der Waals surface area contributed by atoms with Gasteiger partial charge in [0.15, 0.2) is 5.01 Å². The van der Waals surface area contributed by atoms with Gasteiger partial charge < -0.3 is 5.11 Å². The summed E-state index contributed by atoms with van der Waals surface area (Å²) in [6.45, 7) is 7.43. The summed E-state index contributed by atoms with van der Waals surface area (Å²) in [6, 6.07) is 0. The molecule has 0 bridgehead atoms. The highest BCUT2D eigenvalue weighted by Crippen LogP contribution is 2.18. The Kier molecular flexibility index (Phi) is 4.77. The average molecular weight is 256 g/mol. The number of Topliss-reactive ketones (excluding diaryl/α,β-unsaturated/α-hetero) is 1. The van der Waals surface area contributed by atoms with Gasteiger partial charge in [0.2, 0.25) is 5.78 Å². The molecular formula is C11H16N2O3S. The van der Waals surface area contributed by atoms with Crippen LogP contribution in [0.2, 0.25) is 0 Å². The topological polar surface area (TPSA) is 70.5 Å². The maximum atomic E-state index is 11.9. The molecule has 0 saturated carbocycles. The molecule has 0 saturated heterocycles. The maximum Gasteiger partial charge on any atom is 0.347 e. The Morgan fingerprint density at radius 2 is 1.94 bits per heavy atom. The first-order valence-corrected chi connectivity index (χ1v) is 6.27. The number of carbonyl (C=O) groups is 2. The minimum atomic E-state index is -1.03. The molecule has 1 heterocycles. The van der Waals surface area contributed by atoms with Gasteiger partial charge in [-0.1, -0.05) is 13.8 Å². The lowest BCUT2D eigenvalue weighted by Crippen LogP contribution is -2.29. The summed E-state index contributed by atoms with van der Waals surface area (Å²) in [6.07, 6.45) is 0. The average Bonchev–Trinajstić information content (AvgIpc) is 2.68. The Labute approximate surface area is 104 Å². The second kappa shape index (κ2) is 5.88. The molecule has 1 aromatic rings. The normalized spacial score (nSPS) is 10.8. The molecule has 0 radical (unpaired) electrons. The van der Waals surface area contributed by atoms with E-state index in [2.05, 4.69) is 4.98 Å². The number of nitrogens with zero attached hydrogens (tertiary/aromatic N) is 2. The van der Waals surface area contributed by atoms with E-state index < -0.39 is 5.97 Å². The van der Waals surface area contributed by atoms with Crippen molar-refractivity contribution in [2.45, 2.75) is 20.8 Å². The number of carbonyl (C=O) groups excluding carboxylic acids is 1. The van der Waals surface area contributed by atoms with E-state index in [1.165, 1.54) is 0 Å². The monoisotopic (exact) mass is 256 g/mol. The lowest BCUT2D eigenvalue weighted by atomic mass is 10.3. The number of hydrogen-bond acceptors (Lipinski definition) is 5. The summed E-state index contributed by atoms with van der Waals surface area (Å²) in [5.41, 5.74) is 0.408. The SMILES string of the molecule is CCN(CC)CC(=O)c1nc(C)c(C(=O)O)s1. The van der Waals surface area contributed by atoms with Gasteiger partial charge in [0, 0.05) is 0 Å². The second-order valence-corrected chi connectivity index (χ2v) is 4.62. The van der Waals surface area contributed by atoms with Crippen molar-refractivity contribution in [2.24, 2.45) is 0 Å². The first kappa shape index (κ1) is 13.8. The Morgan fingerprint density at radius 3 is 2.35 bits per heavy atom. The van der Waals surface area contributed by atoms with Crippen LogP contribution in [0.1, 0.15) is 39.0 Å². The molecule has 6 heteroatoms. The summed E-state index contributed by atoms with van der Waals surface area (Å²) in [4.78, 5) is 28.8. The minimum Gasteiger partial charge on any atom is -0.477 e. The number of ketones is 1. The molecule has 17 heavy (non-hydrogen) atoms. The van der Waals surface area contributed by atoms with Crippen molar-refractivity contribution in [2.75, 3.05) is 19.6 Å². The van der Waals surface area contributed by atoms with Gasteiger partial charge in [0.25, 0.3) is 0 Å². The molecule has 1 rings (SSSR count). The van der Waals surface area contributed by atoms with Crippen LogP contribution in [0, 0.1) is 6.92 Å². The molecular weight excluding hydrogens is 240 g/mol. The number of likely N-dealkylation sites (N-methyl/N-ethyl adjacent to an activating group) is 1. The number of aromatic carboxylic acids is 1. The van der Waals surface area contributed by atoms with Crippen LogP contribution in [0.25, 0.3) is 0 Å². The molecule has 0 aliphatic carbocycles. The number of thiazole rings is 1. The first-order chi connectivity index (χ1) is 7.99. The van der Waals surface area contributed by atoms with Gasteiger partial charge in [-0.25, -0.2) is 9.78 Å². The molecule has 5 nitrogen and oxygen atoms in total. The predicted octanol–water partition coefficient (Wildman–Crippen LogP) is 1.67. The van der Waals surface area contributed by atoms with E-state index in [-0.39, 0.29) is 15.7 Å². The van der Waals surface area contributed by atoms with E-state index in [0.717, 1.165) is 24.4 Å². The van der Waals surface area contributed by atoms with Crippen molar-refractivity contribution >= 4 is 23.1 Å². The van der Waals surface area contributed by atoms with Crippen molar-refractivity contribution in [3.05, 3.63) is 15.6 Å². The zero-order valence-electron chi connectivity index (χ0n) is 10.2. The number of carboxylic acid groups (broad SMARTS) is 1. The molecule has 0 aliphatic heterocycles. The summed E-state index contributed by atoms with van der Waals surface area (Å²) < 4.78 is 0. The van der Waals surface area contributed by atoms with E-state index in [4.69, 9.17) is 5.11 Å². The number of aryl methyl sites for hydroxylation is 1. The largest absolute Gasteiger partial charge is 0.477 e. The highest BCUT2D eigenvalue weighted by molar-refractivity contribution is 7.15. The first-order valence-electron chi connectivity index (χ1n) is 5.45. The van der Waals surface area contributed by atoms with Gasteiger partial charge in [-0.15, -0.1) is 11.3 Å². The van der Waals surface area contributed by atoms with Crippen LogP contribution in [0.4, 0.5) is 0 Å². The van der Waals surface area contributed by atoms with Gasteiger partial charge in [-0.2, -0.15) is 0 Å². The quantitative estimate of drug-likeness (QED) is 0.784. The fraction of sp³-hybridized carbons (Fsp3) is 0.545. The summed E-state index contributed by atoms with van der Waals surface area (Å²) in [7, 11) is 0. The minimum absolute atomic E-state index is 0.116. The summed E-state index contributed by atoms with van der Waals surface area (Å²) in [5.74, 6) is -1.14. The van der Waals surface area contributed by atoms with Crippen LogP contribution in [-0.2, 0) is 0 Å². The fourth-order valence-corrected chi connectivity index (χ4v) is 2.27. The van der Waals surface area contributed by atoms with Crippen LogP contribution < -0.4 is 0 Å². The van der Waals surface area contributed by atoms with Crippen LogP contribution >= 0.6 is 11.3 Å². The third-order valence-electron chi connectivity index (χ3n) is 2.49. The highest BCUT2D eigenvalue weighted by Gasteiger charge is 2.19.